The molecular weight excluding hydrogens is 240 g/mol. The summed E-state index contributed by atoms with van der Waals surface area (Å²) >= 11 is 0. The highest BCUT2D eigenvalue weighted by atomic mass is 16.5. The van der Waals surface area contributed by atoms with Gasteiger partial charge in [0.05, 0.1) is 13.2 Å². The number of hydrogen-bond acceptors (Lipinski definition) is 3. The van der Waals surface area contributed by atoms with Crippen LogP contribution >= 0.6 is 0 Å². The predicted octanol–water partition coefficient (Wildman–Crippen LogP) is 2.76. The minimum absolute atomic E-state index is 0.0603. The number of benzene rings is 1. The van der Waals surface area contributed by atoms with Crippen molar-refractivity contribution in [3.8, 4) is 11.8 Å². The molecule has 4 nitrogen and oxygen atoms in total. The van der Waals surface area contributed by atoms with Gasteiger partial charge in [-0.25, -0.2) is 0 Å². The molecule has 0 heterocycles. The van der Waals surface area contributed by atoms with Crippen molar-refractivity contribution >= 4 is 5.91 Å². The van der Waals surface area contributed by atoms with Gasteiger partial charge in [-0.2, -0.15) is 5.26 Å². The molecule has 102 valence electrons. The van der Waals surface area contributed by atoms with E-state index in [9.17, 15) is 10.1 Å². The molecule has 1 aromatic carbocycles. The molecule has 0 saturated carbocycles. The molecule has 0 saturated heterocycles. The van der Waals surface area contributed by atoms with E-state index >= 15 is 0 Å². The SMILES string of the molecule is COc1ccc(C(C#N)N(C)C(=O)C(C)(C)C)cc1. The lowest BCUT2D eigenvalue weighted by Crippen LogP contribution is -2.38. The lowest BCUT2D eigenvalue weighted by Gasteiger charge is -2.29. The van der Waals surface area contributed by atoms with E-state index in [2.05, 4.69) is 6.07 Å². The van der Waals surface area contributed by atoms with Crippen molar-refractivity contribution in [1.29, 1.82) is 5.26 Å². The van der Waals surface area contributed by atoms with Crippen molar-refractivity contribution in [1.82, 2.24) is 4.90 Å². The van der Waals surface area contributed by atoms with Crippen LogP contribution in [-0.2, 0) is 4.79 Å². The molecule has 1 atom stereocenters. The lowest BCUT2D eigenvalue weighted by atomic mass is 9.93. The van der Waals surface area contributed by atoms with Gasteiger partial charge >= 0.3 is 0 Å². The Labute approximate surface area is 114 Å². The molecule has 0 bridgehead atoms. The number of nitrogens with zero attached hydrogens (tertiary/aromatic N) is 2. The molecule has 1 amide bonds. The van der Waals surface area contributed by atoms with Crippen LogP contribution in [-0.4, -0.2) is 25.0 Å². The summed E-state index contributed by atoms with van der Waals surface area (Å²) in [5.41, 5.74) is 0.277. The van der Waals surface area contributed by atoms with E-state index in [1.54, 1.807) is 38.4 Å². The van der Waals surface area contributed by atoms with Crippen LogP contribution in [0.2, 0.25) is 0 Å². The van der Waals surface area contributed by atoms with E-state index < -0.39 is 11.5 Å². The van der Waals surface area contributed by atoms with Crippen LogP contribution < -0.4 is 4.74 Å². The standard InChI is InChI=1S/C15H20N2O2/c1-15(2,3)14(18)17(4)13(10-16)11-6-8-12(19-5)9-7-11/h6-9,13H,1-5H3. The zero-order chi connectivity index (χ0) is 14.6. The molecule has 1 unspecified atom stereocenters. The maximum Gasteiger partial charge on any atom is 0.229 e. The third kappa shape index (κ3) is 3.47. The van der Waals surface area contributed by atoms with Gasteiger partial charge in [0, 0.05) is 12.5 Å². The molecule has 0 radical (unpaired) electrons. The van der Waals surface area contributed by atoms with Gasteiger partial charge in [0.25, 0.3) is 0 Å². The summed E-state index contributed by atoms with van der Waals surface area (Å²) in [4.78, 5) is 13.7. The molecule has 0 fully saturated rings. The molecule has 1 rings (SSSR count). The van der Waals surface area contributed by atoms with Crippen LogP contribution in [0.1, 0.15) is 32.4 Å². The maximum atomic E-state index is 12.2. The van der Waals surface area contributed by atoms with Crippen LogP contribution in [0.4, 0.5) is 0 Å². The molecule has 0 spiro atoms. The van der Waals surface area contributed by atoms with Gasteiger partial charge in [0.2, 0.25) is 5.91 Å². The van der Waals surface area contributed by atoms with Gasteiger partial charge < -0.3 is 9.64 Å². The summed E-state index contributed by atoms with van der Waals surface area (Å²) in [5, 5.41) is 9.32. The van der Waals surface area contributed by atoms with Crippen LogP contribution in [0.5, 0.6) is 5.75 Å². The largest absolute Gasteiger partial charge is 0.497 e. The number of methoxy groups -OCH3 is 1. The number of carbonyl (C=O) groups is 1. The normalized spacial score (nSPS) is 12.4. The Morgan fingerprint density at radius 1 is 1.32 bits per heavy atom. The van der Waals surface area contributed by atoms with Crippen LogP contribution in [0, 0.1) is 16.7 Å². The van der Waals surface area contributed by atoms with Crippen molar-refractivity contribution in [2.24, 2.45) is 5.41 Å². The first-order valence-electron chi connectivity index (χ1n) is 6.12. The highest BCUT2D eigenvalue weighted by molar-refractivity contribution is 5.82. The fourth-order valence-corrected chi connectivity index (χ4v) is 1.82. The van der Waals surface area contributed by atoms with Crippen LogP contribution in [0.3, 0.4) is 0 Å². The summed E-state index contributed by atoms with van der Waals surface area (Å²) in [6.07, 6.45) is 0. The summed E-state index contributed by atoms with van der Waals surface area (Å²) in [6, 6.07) is 8.77. The number of ether oxygens (including phenoxy) is 1. The van der Waals surface area contributed by atoms with E-state index in [1.807, 2.05) is 20.8 Å². The van der Waals surface area contributed by atoms with Gasteiger partial charge in [0.15, 0.2) is 0 Å². The van der Waals surface area contributed by atoms with E-state index in [1.165, 1.54) is 4.90 Å². The number of carbonyl (C=O) groups excluding carboxylic acids is 1. The second-order valence-corrected chi connectivity index (χ2v) is 5.47. The van der Waals surface area contributed by atoms with E-state index in [0.29, 0.717) is 0 Å². The maximum absolute atomic E-state index is 12.2. The van der Waals surface area contributed by atoms with Gasteiger partial charge in [-0.15, -0.1) is 0 Å². The van der Waals surface area contributed by atoms with Crippen molar-refractivity contribution in [2.45, 2.75) is 26.8 Å². The molecule has 0 aromatic heterocycles. The van der Waals surface area contributed by atoms with Crippen LogP contribution in [0.25, 0.3) is 0 Å². The van der Waals surface area contributed by atoms with Crippen LogP contribution in [0.15, 0.2) is 24.3 Å². The van der Waals surface area contributed by atoms with Crippen molar-refractivity contribution in [3.05, 3.63) is 29.8 Å². The Morgan fingerprint density at radius 3 is 2.21 bits per heavy atom. The monoisotopic (exact) mass is 260 g/mol. The average Bonchev–Trinajstić information content (AvgIpc) is 2.38. The Morgan fingerprint density at radius 2 is 1.84 bits per heavy atom. The zero-order valence-corrected chi connectivity index (χ0v) is 12.1. The molecule has 0 N–H and O–H groups in total. The van der Waals surface area contributed by atoms with E-state index in [4.69, 9.17) is 4.74 Å². The number of nitriles is 1. The topological polar surface area (TPSA) is 53.3 Å². The molecule has 0 aliphatic carbocycles. The molecule has 4 heteroatoms. The lowest BCUT2D eigenvalue weighted by molar-refractivity contribution is -0.139. The molecular formula is C15H20N2O2. The average molecular weight is 260 g/mol. The van der Waals surface area contributed by atoms with Gasteiger partial charge in [0.1, 0.15) is 11.8 Å². The van der Waals surface area contributed by atoms with Crippen molar-refractivity contribution in [2.75, 3.05) is 14.2 Å². The summed E-state index contributed by atoms with van der Waals surface area (Å²) in [7, 11) is 3.25. The second kappa shape index (κ2) is 5.75. The van der Waals surface area contributed by atoms with Gasteiger partial charge in [-0.05, 0) is 17.7 Å². The number of rotatable bonds is 3. The molecule has 0 aliphatic rings. The highest BCUT2D eigenvalue weighted by Gasteiger charge is 2.30. The molecule has 19 heavy (non-hydrogen) atoms. The Hall–Kier alpha value is -2.02. The first kappa shape index (κ1) is 15.0. The first-order valence-corrected chi connectivity index (χ1v) is 6.12. The van der Waals surface area contributed by atoms with Gasteiger partial charge in [-0.3, -0.25) is 4.79 Å². The van der Waals surface area contributed by atoms with Gasteiger partial charge in [-0.1, -0.05) is 32.9 Å². The van der Waals surface area contributed by atoms with Crippen molar-refractivity contribution in [3.63, 3.8) is 0 Å². The second-order valence-electron chi connectivity index (χ2n) is 5.47. The molecule has 1 aromatic rings. The number of hydrogen-bond donors (Lipinski definition) is 0. The summed E-state index contributed by atoms with van der Waals surface area (Å²) < 4.78 is 5.08. The fourth-order valence-electron chi connectivity index (χ4n) is 1.82. The highest BCUT2D eigenvalue weighted by Crippen LogP contribution is 2.26. The third-order valence-electron chi connectivity index (χ3n) is 2.90. The fraction of sp³-hybridized carbons (Fsp3) is 0.467. The number of amides is 1. The molecule has 0 aliphatic heterocycles. The third-order valence-corrected chi connectivity index (χ3v) is 2.90. The smallest absolute Gasteiger partial charge is 0.229 e. The Bertz CT molecular complexity index is 480. The quantitative estimate of drug-likeness (QED) is 0.839. The zero-order valence-electron chi connectivity index (χ0n) is 12.1. The Kier molecular flexibility index (Phi) is 4.55. The summed E-state index contributed by atoms with van der Waals surface area (Å²) in [6.45, 7) is 5.52. The predicted molar refractivity (Wildman–Crippen MR) is 73.6 cm³/mol. The first-order chi connectivity index (χ1) is 8.81. The minimum Gasteiger partial charge on any atom is -0.497 e. The van der Waals surface area contributed by atoms with Crippen molar-refractivity contribution < 1.29 is 9.53 Å². The minimum atomic E-state index is -0.586. The van der Waals surface area contributed by atoms with E-state index in [-0.39, 0.29) is 5.91 Å². The summed E-state index contributed by atoms with van der Waals surface area (Å²) in [5.74, 6) is 0.667. The Balaban J connectivity index is 3.00. The van der Waals surface area contributed by atoms with E-state index in [0.717, 1.165) is 11.3 Å².